The predicted molar refractivity (Wildman–Crippen MR) is 91.2 cm³/mol. The van der Waals surface area contributed by atoms with Gasteiger partial charge in [0.15, 0.2) is 0 Å². The smallest absolute Gasteiger partial charge is 0.340 e. The van der Waals surface area contributed by atoms with E-state index in [0.717, 1.165) is 12.2 Å². The van der Waals surface area contributed by atoms with Gasteiger partial charge in [-0.3, -0.25) is 4.98 Å². The lowest BCUT2D eigenvalue weighted by Gasteiger charge is -2.19. The van der Waals surface area contributed by atoms with Crippen molar-refractivity contribution in [3.05, 3.63) is 40.1 Å². The van der Waals surface area contributed by atoms with Crippen molar-refractivity contribution in [2.45, 2.75) is 26.1 Å². The van der Waals surface area contributed by atoms with Gasteiger partial charge in [0.05, 0.1) is 5.69 Å². The summed E-state index contributed by atoms with van der Waals surface area (Å²) >= 11 is 3.07. The molecule has 0 aliphatic rings. The van der Waals surface area contributed by atoms with Gasteiger partial charge in [-0.1, -0.05) is 29.8 Å². The molecule has 126 valence electrons. The molecule has 1 heterocycles. The van der Waals surface area contributed by atoms with Gasteiger partial charge >= 0.3 is 5.66 Å². The Labute approximate surface area is 143 Å². The second kappa shape index (κ2) is 7.45. The Morgan fingerprint density at radius 2 is 1.96 bits per heavy atom. The fraction of sp³-hybridized carbons (Fsp3) is 0.400. The van der Waals surface area contributed by atoms with Crippen molar-refractivity contribution in [1.82, 2.24) is 10.3 Å². The van der Waals surface area contributed by atoms with Crippen LogP contribution in [0.15, 0.2) is 28.9 Å². The minimum atomic E-state index is -3.69. The lowest BCUT2D eigenvalue weighted by Crippen LogP contribution is -2.19. The third-order valence-electron chi connectivity index (χ3n) is 3.30. The quantitative estimate of drug-likeness (QED) is 0.632. The fourth-order valence-electron chi connectivity index (χ4n) is 2.14. The molecule has 8 heteroatoms. The average Bonchev–Trinajstić information content (AvgIpc) is 2.46. The molecule has 4 nitrogen and oxygen atoms in total. The summed E-state index contributed by atoms with van der Waals surface area (Å²) in [5.74, 6) is 0.505. The lowest BCUT2D eigenvalue weighted by molar-refractivity contribution is 0.0726. The molecule has 0 aliphatic heterocycles. The number of nitrogens with one attached hydrogen (secondary N) is 1. The largest absolute Gasteiger partial charge is 0.346 e. The number of nitrogens with zero attached hydrogens (tertiary/aromatic N) is 1. The highest BCUT2D eigenvalue weighted by atomic mass is 79.9. The molecule has 0 aliphatic carbocycles. The number of fused-ring (bicyclic) bond motifs is 1. The molecule has 0 saturated carbocycles. The maximum atomic E-state index is 13.9. The van der Waals surface area contributed by atoms with Gasteiger partial charge in [0.2, 0.25) is 8.38 Å². The summed E-state index contributed by atoms with van der Waals surface area (Å²) in [4.78, 5) is 22.3. The number of pyridine rings is 1. The normalized spacial score (nSPS) is 12.6. The Kier molecular flexibility index (Phi) is 6.03. The van der Waals surface area contributed by atoms with E-state index in [1.165, 1.54) is 12.1 Å². The van der Waals surface area contributed by atoms with E-state index in [9.17, 15) is 8.78 Å². The van der Waals surface area contributed by atoms with E-state index in [0.29, 0.717) is 23.2 Å². The molecular weight excluding hydrogens is 389 g/mol. The van der Waals surface area contributed by atoms with E-state index in [-0.39, 0.29) is 4.47 Å². The summed E-state index contributed by atoms with van der Waals surface area (Å²) in [5.41, 5.74) is -3.39. The zero-order valence-electron chi connectivity index (χ0n) is 12.7. The van der Waals surface area contributed by atoms with Gasteiger partial charge in [-0.2, -0.15) is 8.78 Å². The summed E-state index contributed by atoms with van der Waals surface area (Å²) in [6.45, 7) is 5.56. The van der Waals surface area contributed by atoms with Crippen LogP contribution in [0.3, 0.4) is 0 Å². The Hall–Kier alpha value is -0.720. The van der Waals surface area contributed by atoms with Crippen LogP contribution >= 0.6 is 24.3 Å². The van der Waals surface area contributed by atoms with Crippen LogP contribution in [0.4, 0.5) is 8.78 Å². The van der Waals surface area contributed by atoms with Gasteiger partial charge in [0, 0.05) is 28.2 Å². The first-order chi connectivity index (χ1) is 10.7. The summed E-state index contributed by atoms with van der Waals surface area (Å²) in [5, 5.41) is 4.52. The number of hydrogen-bond donors (Lipinski definition) is 3. The van der Waals surface area contributed by atoms with Crippen LogP contribution in [-0.4, -0.2) is 21.3 Å². The van der Waals surface area contributed by atoms with E-state index in [1.54, 1.807) is 12.3 Å². The molecule has 1 aromatic carbocycles. The van der Waals surface area contributed by atoms with Crippen molar-refractivity contribution >= 4 is 35.1 Å². The van der Waals surface area contributed by atoms with Crippen LogP contribution in [-0.2, 0) is 12.2 Å². The van der Waals surface area contributed by atoms with Crippen LogP contribution in [0.5, 0.6) is 0 Å². The average molecular weight is 407 g/mol. The molecule has 0 unspecified atom stereocenters. The third-order valence-corrected chi connectivity index (χ3v) is 4.70. The summed E-state index contributed by atoms with van der Waals surface area (Å²) in [6, 6.07) is 4.51. The van der Waals surface area contributed by atoms with Crippen molar-refractivity contribution in [1.29, 1.82) is 0 Å². The Morgan fingerprint density at radius 1 is 1.26 bits per heavy atom. The minimum absolute atomic E-state index is 0.123. The van der Waals surface area contributed by atoms with Crippen LogP contribution in [0.25, 0.3) is 10.8 Å². The predicted octanol–water partition coefficient (Wildman–Crippen LogP) is 4.09. The van der Waals surface area contributed by atoms with E-state index in [2.05, 4.69) is 40.1 Å². The highest BCUT2D eigenvalue weighted by molar-refractivity contribution is 9.10. The van der Waals surface area contributed by atoms with Crippen LogP contribution in [0.1, 0.15) is 25.1 Å². The Morgan fingerprint density at radius 3 is 2.57 bits per heavy atom. The van der Waals surface area contributed by atoms with Gasteiger partial charge in [0.25, 0.3) is 0 Å². The monoisotopic (exact) mass is 406 g/mol. The summed E-state index contributed by atoms with van der Waals surface area (Å²) in [7, 11) is -3.41. The summed E-state index contributed by atoms with van der Waals surface area (Å²) in [6.07, 6.45) is 1.62. The first kappa shape index (κ1) is 18.6. The maximum Gasteiger partial charge on any atom is 0.340 e. The van der Waals surface area contributed by atoms with Gasteiger partial charge < -0.3 is 15.1 Å². The fourth-order valence-corrected chi connectivity index (χ4v) is 3.30. The van der Waals surface area contributed by atoms with Crippen LogP contribution in [0, 0.1) is 5.92 Å². The van der Waals surface area contributed by atoms with Gasteiger partial charge in [0.1, 0.15) is 0 Å². The standard InChI is InChI=1S/C15H18BrF2N2O2P/c1-9(2)6-19-8-12-3-10-4-13(15(17,18)23(21)22)14(16)5-11(10)7-20-12/h3-5,7,9,19,21-22H,6,8H2,1-2H3. The lowest BCUT2D eigenvalue weighted by atomic mass is 10.1. The highest BCUT2D eigenvalue weighted by Gasteiger charge is 2.42. The zero-order chi connectivity index (χ0) is 17.2. The van der Waals surface area contributed by atoms with E-state index >= 15 is 0 Å². The Bertz CT molecular complexity index is 698. The molecule has 2 aromatic rings. The molecule has 0 spiro atoms. The minimum Gasteiger partial charge on any atom is -0.346 e. The van der Waals surface area contributed by atoms with Crippen molar-refractivity contribution in [3.8, 4) is 0 Å². The van der Waals surface area contributed by atoms with Gasteiger partial charge in [-0.05, 0) is 36.0 Å². The van der Waals surface area contributed by atoms with Gasteiger partial charge in [-0.25, -0.2) is 0 Å². The van der Waals surface area contributed by atoms with Gasteiger partial charge in [-0.15, -0.1) is 0 Å². The molecular formula is C15H18BrF2N2O2P. The SMILES string of the molecule is CC(C)CNCc1cc2cc(C(F)(F)P(O)O)c(Br)cc2cn1. The molecule has 1 aromatic heterocycles. The van der Waals surface area contributed by atoms with Crippen molar-refractivity contribution < 1.29 is 18.6 Å². The molecule has 0 radical (unpaired) electrons. The van der Waals surface area contributed by atoms with E-state index in [1.807, 2.05) is 0 Å². The first-order valence-electron chi connectivity index (χ1n) is 7.07. The highest BCUT2D eigenvalue weighted by Crippen LogP contribution is 2.54. The molecule has 0 fully saturated rings. The molecule has 23 heavy (non-hydrogen) atoms. The summed E-state index contributed by atoms with van der Waals surface area (Å²) < 4.78 is 28.0. The number of rotatable bonds is 6. The first-order valence-corrected chi connectivity index (χ1v) is 9.11. The van der Waals surface area contributed by atoms with Crippen molar-refractivity contribution in [3.63, 3.8) is 0 Å². The van der Waals surface area contributed by atoms with E-state index in [4.69, 9.17) is 9.79 Å². The molecule has 2 rings (SSSR count). The van der Waals surface area contributed by atoms with Crippen molar-refractivity contribution in [2.24, 2.45) is 5.92 Å². The number of benzene rings is 1. The molecule has 0 saturated heterocycles. The van der Waals surface area contributed by atoms with E-state index < -0.39 is 19.6 Å². The number of aromatic nitrogens is 1. The number of hydrogen-bond acceptors (Lipinski definition) is 4. The van der Waals surface area contributed by atoms with Crippen molar-refractivity contribution in [2.75, 3.05) is 6.54 Å². The molecule has 0 bridgehead atoms. The van der Waals surface area contributed by atoms with Crippen LogP contribution < -0.4 is 5.32 Å². The maximum absolute atomic E-state index is 13.9. The molecule has 0 amide bonds. The Balaban J connectivity index is 2.36. The second-order valence-electron chi connectivity index (χ2n) is 5.71. The molecule has 3 N–H and O–H groups in total. The number of alkyl halides is 2. The third kappa shape index (κ3) is 4.43. The second-order valence-corrected chi connectivity index (χ2v) is 7.71. The topological polar surface area (TPSA) is 65.4 Å². The zero-order valence-corrected chi connectivity index (χ0v) is 15.2. The van der Waals surface area contributed by atoms with Crippen LogP contribution in [0.2, 0.25) is 0 Å². The molecule has 0 atom stereocenters. The number of halogens is 3.